The zero-order valence-electron chi connectivity index (χ0n) is 12.8. The Hall–Kier alpha value is -2.28. The van der Waals surface area contributed by atoms with Crippen molar-refractivity contribution in [3.8, 4) is 0 Å². The SMILES string of the molecule is CN(C)c1ccc(C=C2CNCc3c2n[nH]c3C(F)(F)F)cc1. The largest absolute Gasteiger partial charge is 0.433 e. The van der Waals surface area contributed by atoms with Gasteiger partial charge in [-0.25, -0.2) is 0 Å². The van der Waals surface area contributed by atoms with E-state index in [9.17, 15) is 13.2 Å². The average molecular weight is 322 g/mol. The molecule has 1 aliphatic rings. The van der Waals surface area contributed by atoms with Gasteiger partial charge in [0.2, 0.25) is 0 Å². The van der Waals surface area contributed by atoms with Gasteiger partial charge in [0.25, 0.3) is 0 Å². The minimum atomic E-state index is -4.42. The molecule has 2 aromatic rings. The number of nitrogens with one attached hydrogen (secondary N) is 2. The molecule has 0 bridgehead atoms. The summed E-state index contributed by atoms with van der Waals surface area (Å²) in [5.41, 5.74) is 2.54. The molecule has 0 fully saturated rings. The minimum Gasteiger partial charge on any atom is -0.378 e. The fourth-order valence-corrected chi connectivity index (χ4v) is 2.63. The van der Waals surface area contributed by atoms with Gasteiger partial charge in [-0.1, -0.05) is 12.1 Å². The van der Waals surface area contributed by atoms with Crippen LogP contribution >= 0.6 is 0 Å². The van der Waals surface area contributed by atoms with Crippen molar-refractivity contribution in [2.45, 2.75) is 12.7 Å². The number of benzene rings is 1. The minimum absolute atomic E-state index is 0.164. The number of alkyl halides is 3. The first-order valence-electron chi connectivity index (χ1n) is 7.20. The van der Waals surface area contributed by atoms with Crippen molar-refractivity contribution in [2.75, 3.05) is 25.5 Å². The number of aromatic nitrogens is 2. The summed E-state index contributed by atoms with van der Waals surface area (Å²) in [6.07, 6.45) is -2.55. The van der Waals surface area contributed by atoms with Crippen molar-refractivity contribution in [2.24, 2.45) is 0 Å². The van der Waals surface area contributed by atoms with Crippen LogP contribution in [-0.2, 0) is 12.7 Å². The van der Waals surface area contributed by atoms with Crippen molar-refractivity contribution >= 4 is 17.3 Å². The molecule has 0 spiro atoms. The van der Waals surface area contributed by atoms with E-state index < -0.39 is 11.9 Å². The molecule has 2 heterocycles. The number of nitrogens with zero attached hydrogens (tertiary/aromatic N) is 2. The second-order valence-corrected chi connectivity index (χ2v) is 5.68. The Bertz CT molecular complexity index is 727. The number of rotatable bonds is 2. The van der Waals surface area contributed by atoms with Gasteiger partial charge in [-0.15, -0.1) is 0 Å². The lowest BCUT2D eigenvalue weighted by Crippen LogP contribution is -2.24. The predicted molar refractivity (Wildman–Crippen MR) is 83.9 cm³/mol. The number of hydrogen-bond acceptors (Lipinski definition) is 3. The molecule has 0 amide bonds. The smallest absolute Gasteiger partial charge is 0.378 e. The number of fused-ring (bicyclic) bond motifs is 1. The predicted octanol–water partition coefficient (Wildman–Crippen LogP) is 3.14. The number of halogens is 3. The Morgan fingerprint density at radius 2 is 1.83 bits per heavy atom. The van der Waals surface area contributed by atoms with Crippen LogP contribution in [0.25, 0.3) is 11.6 Å². The highest BCUT2D eigenvalue weighted by Gasteiger charge is 2.38. The first-order chi connectivity index (χ1) is 10.9. The summed E-state index contributed by atoms with van der Waals surface area (Å²) in [6, 6.07) is 7.81. The summed E-state index contributed by atoms with van der Waals surface area (Å²) < 4.78 is 38.9. The van der Waals surface area contributed by atoms with Crippen LogP contribution < -0.4 is 10.2 Å². The molecule has 0 radical (unpaired) electrons. The highest BCUT2D eigenvalue weighted by Crippen LogP contribution is 2.35. The summed E-state index contributed by atoms with van der Waals surface area (Å²) in [4.78, 5) is 1.99. The Kier molecular flexibility index (Phi) is 3.89. The van der Waals surface area contributed by atoms with Gasteiger partial charge in [-0.05, 0) is 29.3 Å². The number of anilines is 1. The number of aromatic amines is 1. The molecule has 3 rings (SSSR count). The molecule has 0 saturated heterocycles. The van der Waals surface area contributed by atoms with Crippen molar-refractivity contribution < 1.29 is 13.2 Å². The first-order valence-corrected chi connectivity index (χ1v) is 7.20. The Balaban J connectivity index is 1.95. The third kappa shape index (κ3) is 3.10. The van der Waals surface area contributed by atoms with E-state index in [1.165, 1.54) is 0 Å². The third-order valence-electron chi connectivity index (χ3n) is 3.82. The molecule has 4 nitrogen and oxygen atoms in total. The van der Waals surface area contributed by atoms with E-state index in [2.05, 4.69) is 15.5 Å². The Labute approximate surface area is 132 Å². The average Bonchev–Trinajstić information content (AvgIpc) is 2.93. The van der Waals surface area contributed by atoms with Gasteiger partial charge in [-0.3, -0.25) is 5.10 Å². The third-order valence-corrected chi connectivity index (χ3v) is 3.82. The molecule has 1 aromatic carbocycles. The highest BCUT2D eigenvalue weighted by molar-refractivity contribution is 5.83. The van der Waals surface area contributed by atoms with Crippen LogP contribution in [-0.4, -0.2) is 30.8 Å². The number of H-pyrrole nitrogens is 1. The van der Waals surface area contributed by atoms with Crippen LogP contribution in [0.5, 0.6) is 0 Å². The normalized spacial score (nSPS) is 16.5. The Morgan fingerprint density at radius 1 is 1.13 bits per heavy atom. The molecule has 1 aliphatic heterocycles. The second kappa shape index (κ2) is 5.73. The van der Waals surface area contributed by atoms with E-state index in [0.29, 0.717) is 12.2 Å². The highest BCUT2D eigenvalue weighted by atomic mass is 19.4. The maximum absolute atomic E-state index is 13.0. The van der Waals surface area contributed by atoms with E-state index in [1.807, 2.05) is 49.3 Å². The number of hydrogen-bond donors (Lipinski definition) is 2. The second-order valence-electron chi connectivity index (χ2n) is 5.68. The quantitative estimate of drug-likeness (QED) is 0.893. The monoisotopic (exact) mass is 322 g/mol. The zero-order chi connectivity index (χ0) is 16.6. The molecule has 7 heteroatoms. The fraction of sp³-hybridized carbons (Fsp3) is 0.312. The first kappa shape index (κ1) is 15.6. The van der Waals surface area contributed by atoms with Crippen LogP contribution in [0.3, 0.4) is 0 Å². The van der Waals surface area contributed by atoms with Crippen LogP contribution in [0.1, 0.15) is 22.5 Å². The van der Waals surface area contributed by atoms with Crippen molar-refractivity contribution in [1.29, 1.82) is 0 Å². The van der Waals surface area contributed by atoms with Crippen LogP contribution in [0.4, 0.5) is 18.9 Å². The molecule has 2 N–H and O–H groups in total. The topological polar surface area (TPSA) is 44.0 Å². The Morgan fingerprint density at radius 3 is 2.43 bits per heavy atom. The lowest BCUT2D eigenvalue weighted by Gasteiger charge is -2.17. The lowest BCUT2D eigenvalue weighted by atomic mass is 9.99. The summed E-state index contributed by atoms with van der Waals surface area (Å²) in [5, 5.41) is 9.02. The summed E-state index contributed by atoms with van der Waals surface area (Å²) in [5.74, 6) is 0. The molecule has 0 aliphatic carbocycles. The van der Waals surface area contributed by atoms with E-state index >= 15 is 0 Å². The fourth-order valence-electron chi connectivity index (χ4n) is 2.63. The molecule has 0 saturated carbocycles. The van der Waals surface area contributed by atoms with Gasteiger partial charge in [0.15, 0.2) is 0 Å². The summed E-state index contributed by atoms with van der Waals surface area (Å²) >= 11 is 0. The van der Waals surface area contributed by atoms with E-state index in [-0.39, 0.29) is 12.1 Å². The van der Waals surface area contributed by atoms with Crippen molar-refractivity contribution in [1.82, 2.24) is 15.5 Å². The van der Waals surface area contributed by atoms with E-state index in [4.69, 9.17) is 0 Å². The summed E-state index contributed by atoms with van der Waals surface area (Å²) in [6.45, 7) is 0.655. The molecule has 0 atom stereocenters. The molecular formula is C16H17F3N4. The molecule has 23 heavy (non-hydrogen) atoms. The van der Waals surface area contributed by atoms with E-state index in [0.717, 1.165) is 16.8 Å². The van der Waals surface area contributed by atoms with Crippen LogP contribution in [0, 0.1) is 0 Å². The van der Waals surface area contributed by atoms with Crippen molar-refractivity contribution in [3.63, 3.8) is 0 Å². The van der Waals surface area contributed by atoms with Crippen LogP contribution in [0.15, 0.2) is 24.3 Å². The van der Waals surface area contributed by atoms with Crippen molar-refractivity contribution in [3.05, 3.63) is 46.8 Å². The maximum Gasteiger partial charge on any atom is 0.433 e. The lowest BCUT2D eigenvalue weighted by molar-refractivity contribution is -0.141. The summed E-state index contributed by atoms with van der Waals surface area (Å²) in [7, 11) is 3.90. The van der Waals surface area contributed by atoms with Gasteiger partial charge in [-0.2, -0.15) is 18.3 Å². The molecule has 1 aromatic heterocycles. The molecular weight excluding hydrogens is 305 g/mol. The molecule has 0 unspecified atom stereocenters. The van der Waals surface area contributed by atoms with E-state index in [1.54, 1.807) is 0 Å². The van der Waals surface area contributed by atoms with Gasteiger partial charge in [0.05, 0.1) is 5.69 Å². The van der Waals surface area contributed by atoms with Gasteiger partial charge < -0.3 is 10.2 Å². The van der Waals surface area contributed by atoms with Crippen LogP contribution in [0.2, 0.25) is 0 Å². The van der Waals surface area contributed by atoms with Gasteiger partial charge in [0.1, 0.15) is 5.69 Å². The van der Waals surface area contributed by atoms with Gasteiger partial charge in [0, 0.05) is 38.4 Å². The maximum atomic E-state index is 13.0. The standard InChI is InChI=1S/C16H17F3N4/c1-23(2)12-5-3-10(4-6-12)7-11-8-20-9-13-14(11)21-22-15(13)16(17,18)19/h3-7,20H,8-9H2,1-2H3,(H,21,22). The zero-order valence-corrected chi connectivity index (χ0v) is 12.8. The molecule has 122 valence electrons. The van der Waals surface area contributed by atoms with Gasteiger partial charge >= 0.3 is 6.18 Å².